The number of alkyl halides is 1. The van der Waals surface area contributed by atoms with Crippen LogP contribution in [0, 0.1) is 24.7 Å². The van der Waals surface area contributed by atoms with Gasteiger partial charge in [0.05, 0.1) is 0 Å². The Balaban J connectivity index is 0. The van der Waals surface area contributed by atoms with E-state index in [1.165, 1.54) is 0 Å². The lowest BCUT2D eigenvalue weighted by Crippen LogP contribution is -1.96. The normalized spacial score (nSPS) is 10.3. The zero-order valence-corrected chi connectivity index (χ0v) is 11.9. The monoisotopic (exact) mass is 268 g/mol. The summed E-state index contributed by atoms with van der Waals surface area (Å²) >= 11 is 5.64. The van der Waals surface area contributed by atoms with Crippen LogP contribution in [0.4, 0.5) is 0 Å². The van der Waals surface area contributed by atoms with E-state index in [-0.39, 0.29) is 16.9 Å². The highest BCUT2D eigenvalue weighted by molar-refractivity contribution is 6.20. The third-order valence-corrected chi connectivity index (χ3v) is 2.30. The number of ketones is 2. The summed E-state index contributed by atoms with van der Waals surface area (Å²) in [5.74, 6) is 3.91. The van der Waals surface area contributed by atoms with E-state index in [1.54, 1.807) is 0 Å². The second kappa shape index (κ2) is 13.8. The van der Waals surface area contributed by atoms with E-state index in [2.05, 4.69) is 11.8 Å². The third-order valence-electron chi connectivity index (χ3n) is 2.09. The predicted molar refractivity (Wildman–Crippen MR) is 76.4 cm³/mol. The van der Waals surface area contributed by atoms with E-state index in [9.17, 15) is 9.59 Å². The number of carbonyl (C=O) groups is 2. The van der Waals surface area contributed by atoms with Crippen molar-refractivity contribution < 1.29 is 9.59 Å². The van der Waals surface area contributed by atoms with Gasteiger partial charge in [0.15, 0.2) is 0 Å². The van der Waals surface area contributed by atoms with E-state index in [0.29, 0.717) is 12.8 Å². The average molecular weight is 269 g/mol. The highest BCUT2D eigenvalue weighted by Crippen LogP contribution is 2.05. The molecule has 0 radical (unpaired) electrons. The van der Waals surface area contributed by atoms with E-state index in [4.69, 9.17) is 24.4 Å². The smallest absolute Gasteiger partial charge is 0.205 e. The van der Waals surface area contributed by atoms with Crippen molar-refractivity contribution >= 4 is 23.2 Å². The zero-order chi connectivity index (χ0) is 14.4. The van der Waals surface area contributed by atoms with Crippen LogP contribution < -0.4 is 0 Å². The maximum Gasteiger partial charge on any atom is 0.205 e. The second-order valence-corrected chi connectivity index (χ2v) is 4.66. The maximum atomic E-state index is 10.5. The number of unbranched alkanes of at least 4 members (excludes halogenated alkanes) is 1. The van der Waals surface area contributed by atoms with Crippen molar-refractivity contribution in [3.8, 4) is 24.7 Å². The predicted octanol–water partition coefficient (Wildman–Crippen LogP) is 3.37. The molecule has 0 heterocycles. The summed E-state index contributed by atoms with van der Waals surface area (Å²) in [5.41, 5.74) is 0. The number of carbonyl (C=O) groups excluding carboxylic acids is 2. The third kappa shape index (κ3) is 17.2. The van der Waals surface area contributed by atoms with Crippen LogP contribution in [0.1, 0.15) is 52.4 Å². The van der Waals surface area contributed by atoms with E-state index < -0.39 is 0 Å². The summed E-state index contributed by atoms with van der Waals surface area (Å²) in [5, 5.41) is 0.144. The summed E-state index contributed by atoms with van der Waals surface area (Å²) in [6.07, 6.45) is 14.3. The molecule has 1 atom stereocenters. The molecule has 0 aliphatic heterocycles. The number of terminal acetylenes is 2. The molecule has 3 heteroatoms. The van der Waals surface area contributed by atoms with Crippen molar-refractivity contribution in [2.45, 2.75) is 57.7 Å². The zero-order valence-electron chi connectivity index (χ0n) is 11.2. The molecule has 0 aliphatic rings. The maximum absolute atomic E-state index is 10.5. The van der Waals surface area contributed by atoms with Crippen molar-refractivity contribution in [2.24, 2.45) is 0 Å². The van der Waals surface area contributed by atoms with Gasteiger partial charge in [0, 0.05) is 18.2 Å². The first kappa shape index (κ1) is 19.1. The van der Waals surface area contributed by atoms with Gasteiger partial charge in [-0.25, -0.2) is 0 Å². The van der Waals surface area contributed by atoms with Gasteiger partial charge in [-0.2, -0.15) is 0 Å². The molecule has 2 nitrogen and oxygen atoms in total. The average Bonchev–Trinajstić information content (AvgIpc) is 2.35. The molecular formula is C15H21ClO2. The lowest BCUT2D eigenvalue weighted by molar-refractivity contribution is -0.114. The summed E-state index contributed by atoms with van der Waals surface area (Å²) in [4.78, 5) is 20.8. The molecule has 1 unspecified atom stereocenters. The number of hydrogen-bond donors (Lipinski definition) is 0. The van der Waals surface area contributed by atoms with Gasteiger partial charge >= 0.3 is 0 Å². The first-order valence-electron chi connectivity index (χ1n) is 6.10. The molecule has 0 aromatic rings. The van der Waals surface area contributed by atoms with Crippen LogP contribution >= 0.6 is 11.6 Å². The van der Waals surface area contributed by atoms with Gasteiger partial charge in [0.25, 0.3) is 0 Å². The summed E-state index contributed by atoms with van der Waals surface area (Å²) in [6.45, 7) is 3.94. The fourth-order valence-electron chi connectivity index (χ4n) is 1.03. The van der Waals surface area contributed by atoms with E-state index >= 15 is 0 Å². The molecule has 0 rings (SSSR count). The Bertz CT molecular complexity index is 318. The Hall–Kier alpha value is -1.25. The lowest BCUT2D eigenvalue weighted by atomic mass is 10.1. The minimum absolute atomic E-state index is 0.0770. The topological polar surface area (TPSA) is 34.1 Å². The van der Waals surface area contributed by atoms with Crippen molar-refractivity contribution in [2.75, 3.05) is 0 Å². The molecule has 0 saturated carbocycles. The Kier molecular flexibility index (Phi) is 14.7. The largest absolute Gasteiger partial charge is 0.285 e. The Morgan fingerprint density at radius 3 is 1.89 bits per heavy atom. The van der Waals surface area contributed by atoms with Crippen LogP contribution in [-0.4, -0.2) is 16.9 Å². The van der Waals surface area contributed by atoms with Gasteiger partial charge in [0.2, 0.25) is 11.6 Å². The van der Waals surface area contributed by atoms with Crippen LogP contribution in [0.3, 0.4) is 0 Å². The van der Waals surface area contributed by atoms with Gasteiger partial charge in [0.1, 0.15) is 0 Å². The lowest BCUT2D eigenvalue weighted by Gasteiger charge is -1.98. The first-order chi connectivity index (χ1) is 8.47. The number of Topliss-reactive ketones (excluding diaryl/α,β-unsaturated/α-hetero) is 2. The van der Waals surface area contributed by atoms with E-state index in [0.717, 1.165) is 25.7 Å². The van der Waals surface area contributed by atoms with Gasteiger partial charge in [-0.05, 0) is 38.0 Å². The fourth-order valence-corrected chi connectivity index (χ4v) is 1.18. The molecule has 0 aliphatic carbocycles. The van der Waals surface area contributed by atoms with Crippen LogP contribution in [0.25, 0.3) is 0 Å². The molecule has 18 heavy (non-hydrogen) atoms. The Morgan fingerprint density at radius 2 is 1.56 bits per heavy atom. The first-order valence-corrected chi connectivity index (χ1v) is 6.54. The molecule has 0 spiro atoms. The molecule has 0 aromatic heterocycles. The van der Waals surface area contributed by atoms with Crippen molar-refractivity contribution in [1.29, 1.82) is 0 Å². The molecule has 0 amide bonds. The molecule has 0 saturated heterocycles. The molecule has 0 aromatic carbocycles. The van der Waals surface area contributed by atoms with Gasteiger partial charge in [-0.3, -0.25) is 9.59 Å². The Morgan fingerprint density at radius 1 is 1.11 bits per heavy atom. The van der Waals surface area contributed by atoms with Crippen LogP contribution in [0.15, 0.2) is 0 Å². The summed E-state index contributed by atoms with van der Waals surface area (Å²) in [7, 11) is 0. The van der Waals surface area contributed by atoms with Gasteiger partial charge in [-0.1, -0.05) is 13.3 Å². The van der Waals surface area contributed by atoms with Crippen LogP contribution in [0.2, 0.25) is 0 Å². The second-order valence-electron chi connectivity index (χ2n) is 3.91. The number of halogens is 1. The minimum Gasteiger partial charge on any atom is -0.285 e. The minimum atomic E-state index is -0.127. The van der Waals surface area contributed by atoms with Gasteiger partial charge in [-0.15, -0.1) is 24.4 Å². The highest BCUT2D eigenvalue weighted by atomic mass is 35.5. The highest BCUT2D eigenvalue weighted by Gasteiger charge is 1.99. The van der Waals surface area contributed by atoms with Gasteiger partial charge < -0.3 is 0 Å². The molecule has 0 fully saturated rings. The summed E-state index contributed by atoms with van der Waals surface area (Å²) < 4.78 is 0. The fraction of sp³-hybridized carbons (Fsp3) is 0.600. The summed E-state index contributed by atoms with van der Waals surface area (Å²) in [6, 6.07) is 0. The van der Waals surface area contributed by atoms with Crippen molar-refractivity contribution in [1.82, 2.24) is 0 Å². The number of rotatable bonds is 7. The molecule has 0 bridgehead atoms. The van der Waals surface area contributed by atoms with Crippen molar-refractivity contribution in [3.63, 3.8) is 0 Å². The molecule has 100 valence electrons. The number of hydrogen-bond acceptors (Lipinski definition) is 2. The van der Waals surface area contributed by atoms with Crippen LogP contribution in [-0.2, 0) is 9.59 Å². The van der Waals surface area contributed by atoms with Crippen LogP contribution in [0.5, 0.6) is 0 Å². The van der Waals surface area contributed by atoms with Crippen molar-refractivity contribution in [3.05, 3.63) is 0 Å². The SMILES string of the molecule is C#CC(=O)CCCC.C#CC(=O)CCCC(C)Cl. The van der Waals surface area contributed by atoms with E-state index in [1.807, 2.05) is 13.8 Å². The standard InChI is InChI=1S/C8H11ClO.C7H10O/c1-3-8(10)6-4-5-7(2)9;1-3-5-6-7(8)4-2/h1,7H,4-6H2,2H3;2H,3,5-6H2,1H3. The molecular weight excluding hydrogens is 248 g/mol. The molecule has 0 N–H and O–H groups in total. The quantitative estimate of drug-likeness (QED) is 0.403. The Labute approximate surface area is 115 Å².